The van der Waals surface area contributed by atoms with Gasteiger partial charge < -0.3 is 11.1 Å². The number of nitrogens with two attached hydrogens (primary N) is 1. The van der Waals surface area contributed by atoms with Crippen molar-refractivity contribution >= 4 is 44.9 Å². The third kappa shape index (κ3) is 3.05. The van der Waals surface area contributed by atoms with Crippen molar-refractivity contribution in [2.75, 3.05) is 17.6 Å². The van der Waals surface area contributed by atoms with Crippen LogP contribution in [0, 0.1) is 0 Å². The second-order valence-electron chi connectivity index (χ2n) is 3.74. The number of nitrogens with one attached hydrogen (secondary N) is 1. The summed E-state index contributed by atoms with van der Waals surface area (Å²) in [5.74, 6) is 0. The van der Waals surface area contributed by atoms with E-state index in [9.17, 15) is 4.79 Å². The molecule has 1 aliphatic heterocycles. The first kappa shape index (κ1) is 13.0. The van der Waals surface area contributed by atoms with Gasteiger partial charge in [-0.15, -0.1) is 0 Å². The molecule has 1 aromatic rings. The number of nitrogens with zero attached hydrogens (tertiary/aromatic N) is 1. The lowest BCUT2D eigenvalue weighted by Crippen LogP contribution is -2.32. The Morgan fingerprint density at radius 2 is 2.28 bits per heavy atom. The largest absolute Gasteiger partial charge is 0.397 e. The van der Waals surface area contributed by atoms with Gasteiger partial charge in [-0.25, -0.2) is 4.79 Å². The molecular formula is C12H11BrClN3O. The molecule has 0 spiro atoms. The van der Waals surface area contributed by atoms with Crippen molar-refractivity contribution in [1.82, 2.24) is 4.90 Å². The van der Waals surface area contributed by atoms with Crippen LogP contribution in [0.1, 0.15) is 0 Å². The molecule has 1 aromatic carbocycles. The molecule has 2 rings (SSSR count). The maximum atomic E-state index is 12.0. The van der Waals surface area contributed by atoms with Crippen molar-refractivity contribution in [1.29, 1.82) is 0 Å². The number of benzene rings is 1. The molecule has 0 bridgehead atoms. The van der Waals surface area contributed by atoms with Crippen LogP contribution in [0.4, 0.5) is 16.2 Å². The first-order chi connectivity index (χ1) is 8.56. The van der Waals surface area contributed by atoms with Gasteiger partial charge in [-0.05, 0) is 30.4 Å². The highest BCUT2D eigenvalue weighted by molar-refractivity contribution is 9.10. The topological polar surface area (TPSA) is 58.4 Å². The zero-order valence-corrected chi connectivity index (χ0v) is 11.7. The van der Waals surface area contributed by atoms with Crippen molar-refractivity contribution in [2.24, 2.45) is 0 Å². The fraction of sp³-hybridized carbons (Fsp3) is 0.0833. The number of urea groups is 1. The lowest BCUT2D eigenvalue weighted by molar-refractivity contribution is 0.231. The molecular weight excluding hydrogens is 318 g/mol. The number of anilines is 2. The number of rotatable bonds is 1. The summed E-state index contributed by atoms with van der Waals surface area (Å²) < 4.78 is 0.846. The Hall–Kier alpha value is -1.46. The summed E-state index contributed by atoms with van der Waals surface area (Å²) in [6, 6.07) is 5.00. The van der Waals surface area contributed by atoms with Gasteiger partial charge in [-0.1, -0.05) is 27.5 Å². The van der Waals surface area contributed by atoms with Crippen LogP contribution in [-0.4, -0.2) is 17.5 Å². The molecule has 0 saturated heterocycles. The maximum absolute atomic E-state index is 12.0. The predicted molar refractivity (Wildman–Crippen MR) is 77.4 cm³/mol. The van der Waals surface area contributed by atoms with Gasteiger partial charge in [-0.2, -0.15) is 0 Å². The number of allylic oxidation sites excluding steroid dienone is 2. The molecule has 0 saturated carbocycles. The third-order valence-electron chi connectivity index (χ3n) is 2.38. The molecule has 0 aromatic heterocycles. The quantitative estimate of drug-likeness (QED) is 0.775. The van der Waals surface area contributed by atoms with Crippen molar-refractivity contribution in [3.05, 3.63) is 46.1 Å². The van der Waals surface area contributed by atoms with Crippen LogP contribution in [0.2, 0.25) is 0 Å². The van der Waals surface area contributed by atoms with Gasteiger partial charge in [0.25, 0.3) is 0 Å². The maximum Gasteiger partial charge on any atom is 0.326 e. The molecule has 0 aliphatic carbocycles. The number of carbonyl (C=O) groups excluding carboxylic acids is 1. The van der Waals surface area contributed by atoms with Crippen LogP contribution < -0.4 is 11.1 Å². The molecule has 0 atom stereocenters. The number of halogens is 2. The van der Waals surface area contributed by atoms with Gasteiger partial charge >= 0.3 is 6.03 Å². The Kier molecular flexibility index (Phi) is 3.93. The van der Waals surface area contributed by atoms with E-state index in [0.29, 0.717) is 23.0 Å². The summed E-state index contributed by atoms with van der Waals surface area (Å²) in [7, 11) is 0. The third-order valence-corrected chi connectivity index (χ3v) is 3.12. The molecule has 0 fully saturated rings. The van der Waals surface area contributed by atoms with Gasteiger partial charge in [0, 0.05) is 15.7 Å². The minimum Gasteiger partial charge on any atom is -0.397 e. The Balaban J connectivity index is 2.10. The van der Waals surface area contributed by atoms with Crippen LogP contribution >= 0.6 is 27.5 Å². The summed E-state index contributed by atoms with van der Waals surface area (Å²) in [5.41, 5.74) is 6.86. The van der Waals surface area contributed by atoms with Crippen LogP contribution in [0.5, 0.6) is 0 Å². The SMILES string of the molecule is Nc1ccc(Br)cc1NC(=O)N1C=CC=C(Cl)C1. The van der Waals surface area contributed by atoms with Crippen LogP contribution in [0.15, 0.2) is 46.1 Å². The Labute approximate surface area is 118 Å². The highest BCUT2D eigenvalue weighted by Crippen LogP contribution is 2.24. The average molecular weight is 329 g/mol. The fourth-order valence-corrected chi connectivity index (χ4v) is 2.05. The monoisotopic (exact) mass is 327 g/mol. The lowest BCUT2D eigenvalue weighted by atomic mass is 10.3. The summed E-state index contributed by atoms with van der Waals surface area (Å²) in [6.45, 7) is 0.359. The average Bonchev–Trinajstić information content (AvgIpc) is 2.34. The first-order valence-corrected chi connectivity index (χ1v) is 6.39. The Morgan fingerprint density at radius 3 is 3.00 bits per heavy atom. The summed E-state index contributed by atoms with van der Waals surface area (Å²) >= 11 is 9.20. The zero-order chi connectivity index (χ0) is 13.1. The number of nitrogen functional groups attached to an aromatic ring is 1. The van der Waals surface area contributed by atoms with Crippen LogP contribution in [0.25, 0.3) is 0 Å². The van der Waals surface area contributed by atoms with Crippen molar-refractivity contribution < 1.29 is 4.79 Å². The minimum atomic E-state index is -0.276. The molecule has 2 amide bonds. The van der Waals surface area contributed by atoms with Gasteiger partial charge in [0.2, 0.25) is 0 Å². The van der Waals surface area contributed by atoms with Crippen molar-refractivity contribution in [3.63, 3.8) is 0 Å². The van der Waals surface area contributed by atoms with Gasteiger partial charge in [0.15, 0.2) is 0 Å². The Morgan fingerprint density at radius 1 is 1.50 bits per heavy atom. The predicted octanol–water partition coefficient (Wildman–Crippen LogP) is 3.52. The number of hydrogen-bond donors (Lipinski definition) is 2. The van der Waals surface area contributed by atoms with Gasteiger partial charge in [0.05, 0.1) is 17.9 Å². The molecule has 0 unspecified atom stereocenters. The number of hydrogen-bond acceptors (Lipinski definition) is 2. The van der Waals surface area contributed by atoms with E-state index >= 15 is 0 Å². The minimum absolute atomic E-state index is 0.276. The normalized spacial score (nSPS) is 14.3. The molecule has 1 aliphatic rings. The second kappa shape index (κ2) is 5.46. The molecule has 6 heteroatoms. The standard InChI is InChI=1S/C12H11BrClN3O/c13-8-3-4-10(15)11(6-8)16-12(18)17-5-1-2-9(14)7-17/h1-6H,7,15H2,(H,16,18). The summed E-state index contributed by atoms with van der Waals surface area (Å²) in [4.78, 5) is 13.5. The van der Waals surface area contributed by atoms with Crippen LogP contribution in [-0.2, 0) is 0 Å². The first-order valence-electron chi connectivity index (χ1n) is 5.22. The molecule has 3 N–H and O–H groups in total. The van der Waals surface area contributed by atoms with E-state index in [1.807, 2.05) is 6.07 Å². The van der Waals surface area contributed by atoms with E-state index < -0.39 is 0 Å². The molecule has 1 heterocycles. The van der Waals surface area contributed by atoms with Crippen LogP contribution in [0.3, 0.4) is 0 Å². The molecule has 4 nitrogen and oxygen atoms in total. The van der Waals surface area contributed by atoms with Gasteiger partial charge in [-0.3, -0.25) is 4.90 Å². The smallest absolute Gasteiger partial charge is 0.326 e. The molecule has 94 valence electrons. The number of amides is 2. The van der Waals surface area contributed by atoms with E-state index in [0.717, 1.165) is 4.47 Å². The highest BCUT2D eigenvalue weighted by Gasteiger charge is 2.15. The van der Waals surface area contributed by atoms with E-state index in [4.69, 9.17) is 17.3 Å². The lowest BCUT2D eigenvalue weighted by Gasteiger charge is -2.21. The molecule has 0 radical (unpaired) electrons. The summed E-state index contributed by atoms with van der Waals surface area (Å²) in [5, 5.41) is 3.34. The van der Waals surface area contributed by atoms with E-state index in [1.165, 1.54) is 4.90 Å². The molecule has 18 heavy (non-hydrogen) atoms. The fourth-order valence-electron chi connectivity index (χ4n) is 1.48. The van der Waals surface area contributed by atoms with E-state index in [-0.39, 0.29) is 6.03 Å². The second-order valence-corrected chi connectivity index (χ2v) is 5.15. The van der Waals surface area contributed by atoms with Crippen molar-refractivity contribution in [3.8, 4) is 0 Å². The van der Waals surface area contributed by atoms with Gasteiger partial charge in [0.1, 0.15) is 0 Å². The number of carbonyl (C=O) groups is 1. The highest BCUT2D eigenvalue weighted by atomic mass is 79.9. The van der Waals surface area contributed by atoms with E-state index in [2.05, 4.69) is 21.2 Å². The van der Waals surface area contributed by atoms with Crippen molar-refractivity contribution in [2.45, 2.75) is 0 Å². The Bertz CT molecular complexity index is 542. The summed E-state index contributed by atoms with van der Waals surface area (Å²) in [6.07, 6.45) is 5.13. The zero-order valence-electron chi connectivity index (χ0n) is 9.36. The van der Waals surface area contributed by atoms with E-state index in [1.54, 1.807) is 30.5 Å².